The van der Waals surface area contributed by atoms with Crippen LogP contribution < -0.4 is 25.3 Å². The van der Waals surface area contributed by atoms with Gasteiger partial charge in [0.05, 0.1) is 32.9 Å². The van der Waals surface area contributed by atoms with Gasteiger partial charge >= 0.3 is 0 Å². The van der Waals surface area contributed by atoms with Crippen molar-refractivity contribution < 1.29 is 19.0 Å². The molecule has 0 aliphatic carbocycles. The molecule has 0 heterocycles. The van der Waals surface area contributed by atoms with E-state index in [1.54, 1.807) is 14.2 Å². The van der Waals surface area contributed by atoms with Crippen LogP contribution in [0.3, 0.4) is 0 Å². The lowest BCUT2D eigenvalue weighted by Gasteiger charge is -2.14. The van der Waals surface area contributed by atoms with Crippen molar-refractivity contribution in [3.05, 3.63) is 48.0 Å². The number of benzene rings is 2. The molecule has 0 atom stereocenters. The van der Waals surface area contributed by atoms with Crippen molar-refractivity contribution in [2.75, 3.05) is 26.1 Å². The standard InChI is InChI=1S/C18H22N2O4/c1-22-14-9-13(10-15(11-14)23-2)12-20-16-5-3-4-6-17(16)24-8-7-18(19)21/h3-6,9-11,20H,7-8,12H2,1-2H3,(H2,19,21). The molecule has 3 N–H and O–H groups in total. The summed E-state index contributed by atoms with van der Waals surface area (Å²) in [6.07, 6.45) is 0.182. The zero-order valence-corrected chi connectivity index (χ0v) is 13.9. The van der Waals surface area contributed by atoms with Crippen molar-refractivity contribution in [2.45, 2.75) is 13.0 Å². The van der Waals surface area contributed by atoms with E-state index in [1.807, 2.05) is 42.5 Å². The van der Waals surface area contributed by atoms with Gasteiger partial charge in [-0.15, -0.1) is 0 Å². The maximum Gasteiger partial charge on any atom is 0.220 e. The highest BCUT2D eigenvalue weighted by molar-refractivity contribution is 5.73. The van der Waals surface area contributed by atoms with E-state index in [9.17, 15) is 4.79 Å². The van der Waals surface area contributed by atoms with Crippen LogP contribution in [-0.4, -0.2) is 26.7 Å². The number of rotatable bonds is 9. The summed E-state index contributed by atoms with van der Waals surface area (Å²) in [5.41, 5.74) is 6.97. The first kappa shape index (κ1) is 17.5. The lowest BCUT2D eigenvalue weighted by molar-refractivity contribution is -0.118. The van der Waals surface area contributed by atoms with E-state index in [4.69, 9.17) is 19.9 Å². The average Bonchev–Trinajstić information content (AvgIpc) is 2.60. The molecule has 0 radical (unpaired) electrons. The third-order valence-electron chi connectivity index (χ3n) is 3.39. The number of primary amides is 1. The maximum absolute atomic E-state index is 10.8. The Morgan fingerprint density at radius 3 is 2.38 bits per heavy atom. The molecule has 6 nitrogen and oxygen atoms in total. The highest BCUT2D eigenvalue weighted by Gasteiger charge is 2.06. The lowest BCUT2D eigenvalue weighted by atomic mass is 10.2. The van der Waals surface area contributed by atoms with Gasteiger partial charge in [-0.1, -0.05) is 12.1 Å². The van der Waals surface area contributed by atoms with Crippen LogP contribution in [0.2, 0.25) is 0 Å². The van der Waals surface area contributed by atoms with E-state index in [-0.39, 0.29) is 18.9 Å². The maximum atomic E-state index is 10.8. The molecular formula is C18H22N2O4. The molecule has 0 fully saturated rings. The Morgan fingerprint density at radius 1 is 1.08 bits per heavy atom. The van der Waals surface area contributed by atoms with Gasteiger partial charge in [-0.05, 0) is 29.8 Å². The number of nitrogens with two attached hydrogens (primary N) is 1. The smallest absolute Gasteiger partial charge is 0.220 e. The molecule has 1 amide bonds. The van der Waals surface area contributed by atoms with Crippen molar-refractivity contribution in [1.82, 2.24) is 0 Å². The molecule has 0 aliphatic heterocycles. The van der Waals surface area contributed by atoms with Crippen LogP contribution in [0, 0.1) is 0 Å². The first-order chi connectivity index (χ1) is 11.6. The normalized spacial score (nSPS) is 10.1. The fourth-order valence-corrected chi connectivity index (χ4v) is 2.17. The number of amides is 1. The van der Waals surface area contributed by atoms with Gasteiger partial charge in [-0.3, -0.25) is 4.79 Å². The molecule has 24 heavy (non-hydrogen) atoms. The predicted molar refractivity (Wildman–Crippen MR) is 92.6 cm³/mol. The highest BCUT2D eigenvalue weighted by atomic mass is 16.5. The summed E-state index contributed by atoms with van der Waals surface area (Å²) in [4.78, 5) is 10.8. The fourth-order valence-electron chi connectivity index (χ4n) is 2.17. The van der Waals surface area contributed by atoms with Gasteiger partial charge in [0.1, 0.15) is 17.2 Å². The summed E-state index contributed by atoms with van der Waals surface area (Å²) in [5.74, 6) is 1.76. The van der Waals surface area contributed by atoms with E-state index < -0.39 is 0 Å². The van der Waals surface area contributed by atoms with Crippen LogP contribution >= 0.6 is 0 Å². The summed E-state index contributed by atoms with van der Waals surface area (Å²) in [6.45, 7) is 0.824. The average molecular weight is 330 g/mol. The van der Waals surface area contributed by atoms with E-state index in [1.165, 1.54) is 0 Å². The van der Waals surface area contributed by atoms with Crippen LogP contribution in [0.4, 0.5) is 5.69 Å². The Labute approximate surface area is 141 Å². The SMILES string of the molecule is COc1cc(CNc2ccccc2OCCC(N)=O)cc(OC)c1. The van der Waals surface area contributed by atoms with Crippen LogP contribution in [0.25, 0.3) is 0 Å². The largest absolute Gasteiger partial charge is 0.497 e. The number of carbonyl (C=O) groups is 1. The van der Waals surface area contributed by atoms with Crippen molar-refractivity contribution in [2.24, 2.45) is 5.73 Å². The Balaban J connectivity index is 2.05. The van der Waals surface area contributed by atoms with Crippen molar-refractivity contribution >= 4 is 11.6 Å². The molecule has 2 aromatic carbocycles. The number of carbonyl (C=O) groups excluding carboxylic acids is 1. The molecule has 0 aliphatic rings. The van der Waals surface area contributed by atoms with Crippen molar-refractivity contribution in [3.63, 3.8) is 0 Å². The van der Waals surface area contributed by atoms with Gasteiger partial charge in [0.25, 0.3) is 0 Å². The second kappa shape index (κ2) is 8.67. The van der Waals surface area contributed by atoms with Crippen molar-refractivity contribution in [3.8, 4) is 17.2 Å². The zero-order chi connectivity index (χ0) is 17.4. The Kier molecular flexibility index (Phi) is 6.31. The molecule has 0 spiro atoms. The van der Waals surface area contributed by atoms with Crippen LogP contribution in [0.5, 0.6) is 17.2 Å². The van der Waals surface area contributed by atoms with Gasteiger partial charge in [0.15, 0.2) is 0 Å². The van der Waals surface area contributed by atoms with Gasteiger partial charge in [-0.25, -0.2) is 0 Å². The van der Waals surface area contributed by atoms with Gasteiger partial charge < -0.3 is 25.3 Å². The van der Waals surface area contributed by atoms with E-state index >= 15 is 0 Å². The molecule has 0 bridgehead atoms. The number of ether oxygens (including phenoxy) is 3. The molecule has 128 valence electrons. The summed E-state index contributed by atoms with van der Waals surface area (Å²) in [6, 6.07) is 13.2. The van der Waals surface area contributed by atoms with E-state index in [2.05, 4.69) is 5.32 Å². The van der Waals surface area contributed by atoms with Gasteiger partial charge in [0, 0.05) is 12.6 Å². The number of para-hydroxylation sites is 2. The molecule has 0 saturated heterocycles. The molecule has 0 saturated carbocycles. The Bertz CT molecular complexity index is 666. The first-order valence-corrected chi connectivity index (χ1v) is 7.58. The Hall–Kier alpha value is -2.89. The van der Waals surface area contributed by atoms with Gasteiger partial charge in [-0.2, -0.15) is 0 Å². The minimum absolute atomic E-state index is 0.182. The summed E-state index contributed by atoms with van der Waals surface area (Å²) in [7, 11) is 3.24. The third kappa shape index (κ3) is 5.08. The number of methoxy groups -OCH3 is 2. The fraction of sp³-hybridized carbons (Fsp3) is 0.278. The van der Waals surface area contributed by atoms with Crippen LogP contribution in [0.15, 0.2) is 42.5 Å². The number of anilines is 1. The number of hydrogen-bond donors (Lipinski definition) is 2. The second-order valence-corrected chi connectivity index (χ2v) is 5.14. The summed E-state index contributed by atoms with van der Waals surface area (Å²) in [5, 5.41) is 3.32. The molecule has 2 aromatic rings. The molecule has 0 unspecified atom stereocenters. The first-order valence-electron chi connectivity index (χ1n) is 7.58. The van der Waals surface area contributed by atoms with Crippen molar-refractivity contribution in [1.29, 1.82) is 0 Å². The Morgan fingerprint density at radius 2 is 1.75 bits per heavy atom. The van der Waals surface area contributed by atoms with Crippen LogP contribution in [0.1, 0.15) is 12.0 Å². The molecule has 2 rings (SSSR count). The number of hydrogen-bond acceptors (Lipinski definition) is 5. The third-order valence-corrected chi connectivity index (χ3v) is 3.39. The monoisotopic (exact) mass is 330 g/mol. The van der Waals surface area contributed by atoms with Crippen LogP contribution in [-0.2, 0) is 11.3 Å². The predicted octanol–water partition coefficient (Wildman–Crippen LogP) is 2.57. The second-order valence-electron chi connectivity index (χ2n) is 5.14. The number of nitrogens with one attached hydrogen (secondary N) is 1. The van der Waals surface area contributed by atoms with E-state index in [0.717, 1.165) is 22.7 Å². The minimum Gasteiger partial charge on any atom is -0.497 e. The zero-order valence-electron chi connectivity index (χ0n) is 13.9. The van der Waals surface area contributed by atoms with Gasteiger partial charge in [0.2, 0.25) is 5.91 Å². The topological polar surface area (TPSA) is 82.8 Å². The molecule has 6 heteroatoms. The quantitative estimate of drug-likeness (QED) is 0.738. The minimum atomic E-state index is -0.385. The summed E-state index contributed by atoms with van der Waals surface area (Å²) < 4.78 is 16.2. The summed E-state index contributed by atoms with van der Waals surface area (Å²) >= 11 is 0. The lowest BCUT2D eigenvalue weighted by Crippen LogP contribution is -2.15. The highest BCUT2D eigenvalue weighted by Crippen LogP contribution is 2.26. The van der Waals surface area contributed by atoms with E-state index in [0.29, 0.717) is 12.3 Å². The molecule has 0 aromatic heterocycles. The molecular weight excluding hydrogens is 308 g/mol.